The van der Waals surface area contributed by atoms with E-state index in [0.29, 0.717) is 18.8 Å². The summed E-state index contributed by atoms with van der Waals surface area (Å²) in [6.45, 7) is 2.82. The molecule has 0 N–H and O–H groups in total. The monoisotopic (exact) mass is 436 g/mol. The highest BCUT2D eigenvalue weighted by atomic mass is 32.2. The topological polar surface area (TPSA) is 106 Å². The highest BCUT2D eigenvalue weighted by Crippen LogP contribution is 2.23. The van der Waals surface area contributed by atoms with Gasteiger partial charge in [0.15, 0.2) is 6.29 Å². The third-order valence-corrected chi connectivity index (χ3v) is 6.30. The largest absolute Gasteiger partial charge is 0.457 e. The van der Waals surface area contributed by atoms with Crippen LogP contribution in [0.15, 0.2) is 40.0 Å². The Morgan fingerprint density at radius 1 is 1.23 bits per heavy atom. The number of nitrogens with zero attached hydrogens (tertiary/aromatic N) is 2. The second-order valence-electron chi connectivity index (χ2n) is 7.38. The summed E-state index contributed by atoms with van der Waals surface area (Å²) in [5, 5.41) is 0. The fourth-order valence-electron chi connectivity index (χ4n) is 3.37. The number of ether oxygens (including phenoxy) is 3. The highest BCUT2D eigenvalue weighted by Gasteiger charge is 2.29. The smallest absolute Gasteiger partial charge is 0.300 e. The van der Waals surface area contributed by atoms with E-state index in [2.05, 4.69) is 4.98 Å². The third kappa shape index (κ3) is 4.89. The number of aromatic nitrogens is 2. The van der Waals surface area contributed by atoms with Gasteiger partial charge in [0.25, 0.3) is 15.7 Å². The van der Waals surface area contributed by atoms with Crippen LogP contribution in [-0.4, -0.2) is 43.6 Å². The van der Waals surface area contributed by atoms with Crippen LogP contribution in [0, 0.1) is 6.92 Å². The summed E-state index contributed by atoms with van der Waals surface area (Å²) in [6, 6.07) is 7.93. The minimum absolute atomic E-state index is 0.0813. The lowest BCUT2D eigenvalue weighted by Crippen LogP contribution is -2.25. The average molecular weight is 436 g/mol. The van der Waals surface area contributed by atoms with Gasteiger partial charge in [0.05, 0.1) is 23.7 Å². The summed E-state index contributed by atoms with van der Waals surface area (Å²) in [6.07, 6.45) is 1.98. The van der Waals surface area contributed by atoms with Crippen molar-refractivity contribution in [2.45, 2.75) is 56.6 Å². The molecule has 10 heteroatoms. The summed E-state index contributed by atoms with van der Waals surface area (Å²) in [4.78, 5) is 15.9. The van der Waals surface area contributed by atoms with E-state index in [4.69, 9.17) is 18.4 Å². The normalized spacial score (nSPS) is 21.2. The number of hydrogen-bond acceptors (Lipinski definition) is 8. The van der Waals surface area contributed by atoms with Gasteiger partial charge in [-0.15, -0.1) is 0 Å². The first kappa shape index (κ1) is 21.0. The van der Waals surface area contributed by atoms with E-state index >= 15 is 0 Å². The molecule has 1 aromatic heterocycles. The molecule has 1 aromatic carbocycles. The van der Waals surface area contributed by atoms with Crippen molar-refractivity contribution >= 4 is 10.1 Å². The van der Waals surface area contributed by atoms with Crippen LogP contribution >= 0.6 is 0 Å². The lowest BCUT2D eigenvalue weighted by molar-refractivity contribution is -0.169. The molecule has 2 aliphatic heterocycles. The van der Waals surface area contributed by atoms with E-state index in [1.165, 1.54) is 18.2 Å². The molecule has 162 valence electrons. The van der Waals surface area contributed by atoms with Gasteiger partial charge in [0.2, 0.25) is 0 Å². The van der Waals surface area contributed by atoms with Crippen LogP contribution in [0.5, 0.6) is 6.01 Å². The van der Waals surface area contributed by atoms with Crippen LogP contribution in [0.4, 0.5) is 0 Å². The Labute approximate surface area is 174 Å². The summed E-state index contributed by atoms with van der Waals surface area (Å²) in [5.74, 6) is 0. The number of rotatable bonds is 7. The zero-order valence-electron chi connectivity index (χ0n) is 16.7. The van der Waals surface area contributed by atoms with E-state index in [-0.39, 0.29) is 30.4 Å². The number of hydrogen-bond donors (Lipinski definition) is 0. The van der Waals surface area contributed by atoms with Gasteiger partial charge in [-0.3, -0.25) is 13.5 Å². The minimum atomic E-state index is -3.91. The van der Waals surface area contributed by atoms with Crippen LogP contribution in [0.3, 0.4) is 0 Å². The molecule has 0 radical (unpaired) electrons. The number of fused-ring (bicyclic) bond motifs is 1. The fourth-order valence-corrected chi connectivity index (χ4v) is 4.31. The third-order valence-electron chi connectivity index (χ3n) is 5.01. The van der Waals surface area contributed by atoms with Crippen LogP contribution in [0.25, 0.3) is 0 Å². The maximum Gasteiger partial charge on any atom is 0.300 e. The average Bonchev–Trinajstić information content (AvgIpc) is 3.14. The molecule has 0 aliphatic carbocycles. The van der Waals surface area contributed by atoms with E-state index in [1.54, 1.807) is 16.7 Å². The van der Waals surface area contributed by atoms with Gasteiger partial charge < -0.3 is 14.2 Å². The zero-order chi connectivity index (χ0) is 21.1. The molecule has 2 atom stereocenters. The Hall–Kier alpha value is -2.27. The highest BCUT2D eigenvalue weighted by molar-refractivity contribution is 7.86. The number of aryl methyl sites for hydroxylation is 1. The Kier molecular flexibility index (Phi) is 6.19. The van der Waals surface area contributed by atoms with Crippen molar-refractivity contribution in [3.63, 3.8) is 0 Å². The van der Waals surface area contributed by atoms with Crippen molar-refractivity contribution < 1.29 is 26.8 Å². The molecule has 4 rings (SSSR count). The van der Waals surface area contributed by atoms with Crippen LogP contribution in [-0.2, 0) is 36.9 Å². The van der Waals surface area contributed by atoms with Crippen molar-refractivity contribution in [1.82, 2.24) is 9.55 Å². The van der Waals surface area contributed by atoms with Crippen LogP contribution < -0.4 is 10.3 Å². The van der Waals surface area contributed by atoms with Gasteiger partial charge in [-0.05, 0) is 38.3 Å². The van der Waals surface area contributed by atoms with E-state index in [1.807, 2.05) is 6.92 Å². The van der Waals surface area contributed by atoms with Gasteiger partial charge in [-0.2, -0.15) is 13.4 Å². The lowest BCUT2D eigenvalue weighted by Gasteiger charge is -2.23. The second-order valence-corrected chi connectivity index (χ2v) is 8.99. The first-order valence-corrected chi connectivity index (χ1v) is 11.3. The van der Waals surface area contributed by atoms with E-state index < -0.39 is 21.8 Å². The summed E-state index contributed by atoms with van der Waals surface area (Å²) in [5.41, 5.74) is 1.11. The van der Waals surface area contributed by atoms with Gasteiger partial charge in [0, 0.05) is 12.7 Å². The molecule has 2 aromatic rings. The van der Waals surface area contributed by atoms with Crippen LogP contribution in [0.1, 0.15) is 30.5 Å². The van der Waals surface area contributed by atoms with Crippen molar-refractivity contribution in [3.05, 3.63) is 51.9 Å². The predicted octanol–water partition coefficient (Wildman–Crippen LogP) is 1.76. The molecule has 0 bridgehead atoms. The molecule has 2 unspecified atom stereocenters. The second kappa shape index (κ2) is 8.84. The Bertz CT molecular complexity index is 1040. The van der Waals surface area contributed by atoms with Gasteiger partial charge in [-0.1, -0.05) is 17.7 Å². The minimum Gasteiger partial charge on any atom is -0.457 e. The molecule has 0 amide bonds. The Balaban J connectivity index is 1.40. The molecule has 0 saturated carbocycles. The van der Waals surface area contributed by atoms with Crippen molar-refractivity contribution in [3.8, 4) is 6.01 Å². The summed E-state index contributed by atoms with van der Waals surface area (Å²) < 4.78 is 48.6. The number of benzene rings is 1. The molecule has 1 saturated heterocycles. The molecule has 0 spiro atoms. The van der Waals surface area contributed by atoms with Crippen LogP contribution in [0.2, 0.25) is 0 Å². The standard InChI is InChI=1S/C20H24N2O7S/c1-14-5-7-17(8-6-14)30(24,25)28-13-16-11-22-15(10-18(23)21-20(22)29-16)12-27-19-4-2-3-9-26-19/h5-8,10,16,19H,2-4,9,11-13H2,1H3. The SMILES string of the molecule is Cc1ccc(S(=O)(=O)OCC2Cn3c(COC4CCCCO4)cc(=O)nc3O2)cc1. The Morgan fingerprint density at radius 3 is 2.77 bits per heavy atom. The van der Waals surface area contributed by atoms with Gasteiger partial charge in [-0.25, -0.2) is 0 Å². The molecule has 3 heterocycles. The van der Waals surface area contributed by atoms with E-state index in [9.17, 15) is 13.2 Å². The maximum absolute atomic E-state index is 12.4. The molecule has 2 aliphatic rings. The summed E-state index contributed by atoms with van der Waals surface area (Å²) >= 11 is 0. The molecule has 9 nitrogen and oxygen atoms in total. The molecular formula is C20H24N2O7S. The van der Waals surface area contributed by atoms with Crippen molar-refractivity contribution in [1.29, 1.82) is 0 Å². The summed E-state index contributed by atoms with van der Waals surface area (Å²) in [7, 11) is -3.91. The first-order valence-electron chi connectivity index (χ1n) is 9.87. The first-order chi connectivity index (χ1) is 14.4. The molecular weight excluding hydrogens is 412 g/mol. The van der Waals surface area contributed by atoms with Crippen molar-refractivity contribution in [2.24, 2.45) is 0 Å². The van der Waals surface area contributed by atoms with E-state index in [0.717, 1.165) is 24.8 Å². The quantitative estimate of drug-likeness (QED) is 0.605. The maximum atomic E-state index is 12.4. The predicted molar refractivity (Wildman–Crippen MR) is 106 cm³/mol. The molecule has 30 heavy (non-hydrogen) atoms. The van der Waals surface area contributed by atoms with Gasteiger partial charge >= 0.3 is 6.01 Å². The Morgan fingerprint density at radius 2 is 2.03 bits per heavy atom. The van der Waals surface area contributed by atoms with Gasteiger partial charge in [0.1, 0.15) is 12.7 Å². The lowest BCUT2D eigenvalue weighted by atomic mass is 10.2. The molecule has 1 fully saturated rings. The fraction of sp³-hybridized carbons (Fsp3) is 0.500. The van der Waals surface area contributed by atoms with Crippen molar-refractivity contribution in [2.75, 3.05) is 13.2 Å². The zero-order valence-corrected chi connectivity index (χ0v) is 17.5.